The number of carbonyl (C=O) groups is 1. The Morgan fingerprint density at radius 2 is 2.12 bits per heavy atom. The fourth-order valence-electron chi connectivity index (χ4n) is 1.97. The van der Waals surface area contributed by atoms with E-state index in [4.69, 9.17) is 5.11 Å². The third-order valence-corrected chi connectivity index (χ3v) is 3.68. The van der Waals surface area contributed by atoms with Gasteiger partial charge >= 0.3 is 6.09 Å². The SMILES string of the molecule is Cc1c(Br)nnn1C1CCN(C(=O)O)CC1. The predicted octanol–water partition coefficient (Wildman–Crippen LogP) is 1.66. The fraction of sp³-hybridized carbons (Fsp3) is 0.667. The first-order valence-electron chi connectivity index (χ1n) is 5.14. The van der Waals surface area contributed by atoms with Crippen LogP contribution < -0.4 is 0 Å². The van der Waals surface area contributed by atoms with Crippen molar-refractivity contribution >= 4 is 22.0 Å². The minimum absolute atomic E-state index is 0.259. The van der Waals surface area contributed by atoms with Crippen LogP contribution in [0.4, 0.5) is 4.79 Å². The van der Waals surface area contributed by atoms with Gasteiger partial charge < -0.3 is 10.0 Å². The zero-order valence-electron chi connectivity index (χ0n) is 8.93. The second kappa shape index (κ2) is 4.40. The first-order chi connectivity index (χ1) is 7.59. The van der Waals surface area contributed by atoms with Gasteiger partial charge in [0, 0.05) is 13.1 Å². The van der Waals surface area contributed by atoms with Gasteiger partial charge in [-0.3, -0.25) is 0 Å². The van der Waals surface area contributed by atoms with E-state index in [0.29, 0.717) is 13.1 Å². The number of amides is 1. The molecule has 0 atom stereocenters. The van der Waals surface area contributed by atoms with Crippen LogP contribution in [-0.2, 0) is 0 Å². The molecule has 0 unspecified atom stereocenters. The molecule has 88 valence electrons. The molecule has 1 aliphatic heterocycles. The lowest BCUT2D eigenvalue weighted by atomic mass is 10.1. The van der Waals surface area contributed by atoms with Crippen LogP contribution in [0.1, 0.15) is 24.6 Å². The summed E-state index contributed by atoms with van der Waals surface area (Å²) < 4.78 is 2.64. The number of rotatable bonds is 1. The van der Waals surface area contributed by atoms with Gasteiger partial charge in [0.1, 0.15) is 0 Å². The highest BCUT2D eigenvalue weighted by molar-refractivity contribution is 9.10. The van der Waals surface area contributed by atoms with Gasteiger partial charge in [-0.05, 0) is 35.7 Å². The molecule has 6 nitrogen and oxygen atoms in total. The van der Waals surface area contributed by atoms with Crippen molar-refractivity contribution in [1.29, 1.82) is 0 Å². The highest BCUT2D eigenvalue weighted by atomic mass is 79.9. The Balaban J connectivity index is 2.04. The second-order valence-corrected chi connectivity index (χ2v) is 4.66. The van der Waals surface area contributed by atoms with E-state index in [1.165, 1.54) is 4.90 Å². The molecule has 0 radical (unpaired) electrons. The molecule has 0 spiro atoms. The van der Waals surface area contributed by atoms with Crippen molar-refractivity contribution in [1.82, 2.24) is 19.9 Å². The van der Waals surface area contributed by atoms with E-state index in [2.05, 4.69) is 26.2 Å². The summed E-state index contributed by atoms with van der Waals surface area (Å²) in [7, 11) is 0. The van der Waals surface area contributed by atoms with E-state index in [1.54, 1.807) is 0 Å². The van der Waals surface area contributed by atoms with Gasteiger partial charge in [0.25, 0.3) is 0 Å². The Morgan fingerprint density at radius 3 is 2.56 bits per heavy atom. The molecule has 7 heteroatoms. The zero-order chi connectivity index (χ0) is 11.7. The third kappa shape index (κ3) is 2.04. The van der Waals surface area contributed by atoms with Crippen LogP contribution in [0.25, 0.3) is 0 Å². The molecule has 1 amide bonds. The molecule has 0 aromatic carbocycles. The number of halogens is 1. The molecule has 1 fully saturated rings. The summed E-state index contributed by atoms with van der Waals surface area (Å²) in [4.78, 5) is 12.2. The summed E-state index contributed by atoms with van der Waals surface area (Å²) in [6.45, 7) is 3.08. The van der Waals surface area contributed by atoms with Crippen molar-refractivity contribution in [2.75, 3.05) is 13.1 Å². The van der Waals surface area contributed by atoms with E-state index < -0.39 is 6.09 Å². The summed E-state index contributed by atoms with van der Waals surface area (Å²) in [6.07, 6.45) is 0.751. The number of piperidine rings is 1. The molecule has 1 saturated heterocycles. The second-order valence-electron chi connectivity index (χ2n) is 3.91. The Kier molecular flexibility index (Phi) is 3.13. The highest BCUT2D eigenvalue weighted by Gasteiger charge is 2.25. The monoisotopic (exact) mass is 288 g/mol. The quantitative estimate of drug-likeness (QED) is 0.853. The van der Waals surface area contributed by atoms with E-state index in [-0.39, 0.29) is 6.04 Å². The van der Waals surface area contributed by atoms with Gasteiger partial charge in [-0.15, -0.1) is 5.10 Å². The first-order valence-corrected chi connectivity index (χ1v) is 5.94. The maximum absolute atomic E-state index is 10.8. The minimum atomic E-state index is -0.838. The van der Waals surface area contributed by atoms with Crippen LogP contribution >= 0.6 is 15.9 Å². The summed E-state index contributed by atoms with van der Waals surface area (Å²) in [5.74, 6) is 0. The molecule has 1 N–H and O–H groups in total. The molecule has 1 aromatic rings. The minimum Gasteiger partial charge on any atom is -0.465 e. The van der Waals surface area contributed by atoms with E-state index in [0.717, 1.165) is 23.1 Å². The lowest BCUT2D eigenvalue weighted by Gasteiger charge is -2.30. The van der Waals surface area contributed by atoms with E-state index >= 15 is 0 Å². The Bertz CT molecular complexity index is 398. The molecule has 0 saturated carbocycles. The van der Waals surface area contributed by atoms with Crippen molar-refractivity contribution in [2.45, 2.75) is 25.8 Å². The Morgan fingerprint density at radius 1 is 1.50 bits per heavy atom. The topological polar surface area (TPSA) is 71.2 Å². The Labute approximate surface area is 101 Å². The van der Waals surface area contributed by atoms with E-state index in [9.17, 15) is 4.79 Å². The van der Waals surface area contributed by atoms with Crippen molar-refractivity contribution in [3.63, 3.8) is 0 Å². The van der Waals surface area contributed by atoms with Gasteiger partial charge in [-0.2, -0.15) is 0 Å². The van der Waals surface area contributed by atoms with Crippen LogP contribution in [0, 0.1) is 6.92 Å². The van der Waals surface area contributed by atoms with Gasteiger partial charge in [0.15, 0.2) is 4.60 Å². The molecule has 0 bridgehead atoms. The smallest absolute Gasteiger partial charge is 0.407 e. The van der Waals surface area contributed by atoms with Crippen molar-refractivity contribution < 1.29 is 9.90 Å². The molecule has 2 heterocycles. The van der Waals surface area contributed by atoms with Crippen LogP contribution in [0.2, 0.25) is 0 Å². The molecule has 1 aliphatic rings. The fourth-order valence-corrected chi connectivity index (χ4v) is 2.22. The molecule has 16 heavy (non-hydrogen) atoms. The molecular formula is C9H13BrN4O2. The zero-order valence-corrected chi connectivity index (χ0v) is 10.5. The summed E-state index contributed by atoms with van der Waals surface area (Å²) in [5.41, 5.74) is 0.994. The predicted molar refractivity (Wildman–Crippen MR) is 60.3 cm³/mol. The maximum atomic E-state index is 10.8. The van der Waals surface area contributed by atoms with Crippen molar-refractivity contribution in [3.05, 3.63) is 10.3 Å². The van der Waals surface area contributed by atoms with Crippen LogP contribution in [0.5, 0.6) is 0 Å². The lowest BCUT2D eigenvalue weighted by molar-refractivity contribution is 0.123. The maximum Gasteiger partial charge on any atom is 0.407 e. The standard InChI is InChI=1S/C9H13BrN4O2/c1-6-8(10)11-12-14(6)7-2-4-13(5-3-7)9(15)16/h7H,2-5H2,1H3,(H,15,16). The van der Waals surface area contributed by atoms with Crippen LogP contribution in [0.15, 0.2) is 4.60 Å². The Hall–Kier alpha value is -1.11. The van der Waals surface area contributed by atoms with Gasteiger partial charge in [-0.25, -0.2) is 9.48 Å². The molecular weight excluding hydrogens is 276 g/mol. The number of aromatic nitrogens is 3. The number of nitrogens with zero attached hydrogens (tertiary/aromatic N) is 4. The lowest BCUT2D eigenvalue weighted by Crippen LogP contribution is -2.38. The van der Waals surface area contributed by atoms with Gasteiger partial charge in [0.05, 0.1) is 11.7 Å². The van der Waals surface area contributed by atoms with Gasteiger partial charge in [-0.1, -0.05) is 5.21 Å². The highest BCUT2D eigenvalue weighted by Crippen LogP contribution is 2.24. The number of hydrogen-bond acceptors (Lipinski definition) is 3. The average Bonchev–Trinajstić information content (AvgIpc) is 2.60. The van der Waals surface area contributed by atoms with Crippen LogP contribution in [-0.4, -0.2) is 44.2 Å². The summed E-state index contributed by atoms with van der Waals surface area (Å²) in [5, 5.41) is 16.8. The van der Waals surface area contributed by atoms with Crippen LogP contribution in [0.3, 0.4) is 0 Å². The molecule has 0 aliphatic carbocycles. The number of hydrogen-bond donors (Lipinski definition) is 1. The molecule has 2 rings (SSSR count). The number of likely N-dealkylation sites (tertiary alicyclic amines) is 1. The van der Waals surface area contributed by atoms with E-state index in [1.807, 2.05) is 11.6 Å². The van der Waals surface area contributed by atoms with Crippen molar-refractivity contribution in [2.24, 2.45) is 0 Å². The first kappa shape index (κ1) is 11.4. The largest absolute Gasteiger partial charge is 0.465 e. The normalized spacial score (nSPS) is 17.8. The number of carboxylic acid groups (broad SMARTS) is 1. The summed E-state index contributed by atoms with van der Waals surface area (Å²) in [6, 6.07) is 0.259. The third-order valence-electron chi connectivity index (χ3n) is 2.95. The summed E-state index contributed by atoms with van der Waals surface area (Å²) >= 11 is 3.32. The molecule has 1 aromatic heterocycles. The van der Waals surface area contributed by atoms with Gasteiger partial charge in [0.2, 0.25) is 0 Å². The average molecular weight is 289 g/mol. The van der Waals surface area contributed by atoms with Crippen molar-refractivity contribution in [3.8, 4) is 0 Å².